The van der Waals surface area contributed by atoms with E-state index in [9.17, 15) is 5.11 Å². The molecule has 0 saturated heterocycles. The molecule has 3 heteroatoms. The minimum atomic E-state index is -0.0639. The highest BCUT2D eigenvalue weighted by atomic mass is 16.3. The summed E-state index contributed by atoms with van der Waals surface area (Å²) in [5.41, 5.74) is -0.0639. The average molecular weight is 230 g/mol. The van der Waals surface area contributed by atoms with E-state index >= 15 is 0 Å². The Morgan fingerprint density at radius 3 is 2.25 bits per heavy atom. The second kappa shape index (κ2) is 8.97. The van der Waals surface area contributed by atoms with Crippen molar-refractivity contribution in [2.24, 2.45) is 0 Å². The smallest absolute Gasteiger partial charge is 0.0613 e. The van der Waals surface area contributed by atoms with Gasteiger partial charge in [0.2, 0.25) is 0 Å². The number of hydrogen-bond donors (Lipinski definition) is 2. The Balaban J connectivity index is 3.77. The summed E-state index contributed by atoms with van der Waals surface area (Å²) in [6, 6.07) is 0. The van der Waals surface area contributed by atoms with E-state index < -0.39 is 0 Å². The minimum absolute atomic E-state index is 0.0639. The molecular weight excluding hydrogens is 200 g/mol. The minimum Gasteiger partial charge on any atom is -0.394 e. The number of nitrogens with zero attached hydrogens (tertiary/aromatic N) is 1. The van der Waals surface area contributed by atoms with Crippen molar-refractivity contribution in [1.29, 1.82) is 0 Å². The summed E-state index contributed by atoms with van der Waals surface area (Å²) >= 11 is 0. The van der Waals surface area contributed by atoms with Gasteiger partial charge in [0.1, 0.15) is 0 Å². The van der Waals surface area contributed by atoms with Gasteiger partial charge in [-0.15, -0.1) is 0 Å². The zero-order valence-electron chi connectivity index (χ0n) is 11.6. The van der Waals surface area contributed by atoms with Crippen LogP contribution >= 0.6 is 0 Å². The van der Waals surface area contributed by atoms with Crippen LogP contribution in [0.5, 0.6) is 0 Å². The number of aliphatic hydroxyl groups excluding tert-OH is 1. The van der Waals surface area contributed by atoms with Gasteiger partial charge >= 0.3 is 0 Å². The molecule has 1 unspecified atom stereocenters. The van der Waals surface area contributed by atoms with Gasteiger partial charge in [0, 0.05) is 5.54 Å². The number of nitrogens with one attached hydrogen (secondary N) is 1. The standard InChI is InChI=1S/C13H30N2O/c1-5-7-10-15(4)11-8-9-13(6-2,12-16)14-3/h14,16H,5-12H2,1-4H3. The summed E-state index contributed by atoms with van der Waals surface area (Å²) in [5.74, 6) is 0. The molecule has 0 heterocycles. The van der Waals surface area contributed by atoms with Crippen LogP contribution in [0.4, 0.5) is 0 Å². The van der Waals surface area contributed by atoms with Gasteiger partial charge in [-0.2, -0.15) is 0 Å². The fourth-order valence-corrected chi connectivity index (χ4v) is 1.98. The Kier molecular flexibility index (Phi) is 8.90. The second-order valence-corrected chi connectivity index (χ2v) is 4.80. The number of aliphatic hydroxyl groups is 1. The van der Waals surface area contributed by atoms with E-state index in [4.69, 9.17) is 0 Å². The highest BCUT2D eigenvalue weighted by molar-refractivity contribution is 4.84. The maximum atomic E-state index is 9.41. The first-order valence-electron chi connectivity index (χ1n) is 6.62. The molecule has 0 aliphatic rings. The van der Waals surface area contributed by atoms with Gasteiger partial charge < -0.3 is 15.3 Å². The first-order chi connectivity index (χ1) is 7.64. The molecule has 0 bridgehead atoms. The van der Waals surface area contributed by atoms with E-state index in [1.165, 1.54) is 19.4 Å². The Labute approximate surface area is 101 Å². The topological polar surface area (TPSA) is 35.5 Å². The van der Waals surface area contributed by atoms with Crippen molar-refractivity contribution in [1.82, 2.24) is 10.2 Å². The monoisotopic (exact) mass is 230 g/mol. The molecule has 0 aliphatic carbocycles. The maximum Gasteiger partial charge on any atom is 0.0613 e. The molecule has 0 rings (SSSR count). The fourth-order valence-electron chi connectivity index (χ4n) is 1.98. The first kappa shape index (κ1) is 15.9. The third-order valence-corrected chi connectivity index (χ3v) is 3.60. The van der Waals surface area contributed by atoms with Crippen molar-refractivity contribution < 1.29 is 5.11 Å². The van der Waals surface area contributed by atoms with Crippen LogP contribution in [0.3, 0.4) is 0 Å². The lowest BCUT2D eigenvalue weighted by Gasteiger charge is -2.31. The summed E-state index contributed by atoms with van der Waals surface area (Å²) in [6.45, 7) is 6.91. The van der Waals surface area contributed by atoms with Crippen molar-refractivity contribution in [3.05, 3.63) is 0 Å². The Morgan fingerprint density at radius 1 is 1.19 bits per heavy atom. The highest BCUT2D eigenvalue weighted by Gasteiger charge is 2.24. The summed E-state index contributed by atoms with van der Waals surface area (Å²) < 4.78 is 0. The molecule has 0 fully saturated rings. The molecule has 0 radical (unpaired) electrons. The van der Waals surface area contributed by atoms with Crippen LogP contribution in [0, 0.1) is 0 Å². The number of unbranched alkanes of at least 4 members (excludes halogenated alkanes) is 1. The molecule has 0 spiro atoms. The molecule has 2 N–H and O–H groups in total. The SMILES string of the molecule is CCCCN(C)CCCC(CC)(CO)NC. The molecule has 0 amide bonds. The van der Waals surface area contributed by atoms with Crippen LogP contribution in [0.15, 0.2) is 0 Å². The number of rotatable bonds is 10. The molecule has 16 heavy (non-hydrogen) atoms. The Bertz CT molecular complexity index is 150. The Morgan fingerprint density at radius 2 is 1.81 bits per heavy atom. The summed E-state index contributed by atoms with van der Waals surface area (Å²) in [6.07, 6.45) is 5.72. The fraction of sp³-hybridized carbons (Fsp3) is 1.00. The van der Waals surface area contributed by atoms with Gasteiger partial charge in [-0.05, 0) is 52.9 Å². The molecule has 0 aliphatic heterocycles. The third-order valence-electron chi connectivity index (χ3n) is 3.60. The van der Waals surface area contributed by atoms with E-state index in [0.29, 0.717) is 0 Å². The lowest BCUT2D eigenvalue weighted by Crippen LogP contribution is -2.46. The van der Waals surface area contributed by atoms with Crippen LogP contribution < -0.4 is 5.32 Å². The van der Waals surface area contributed by atoms with Crippen molar-refractivity contribution in [2.75, 3.05) is 33.8 Å². The van der Waals surface area contributed by atoms with Gasteiger partial charge in [0.25, 0.3) is 0 Å². The van der Waals surface area contributed by atoms with Crippen molar-refractivity contribution in [2.45, 2.75) is 51.5 Å². The summed E-state index contributed by atoms with van der Waals surface area (Å²) in [4.78, 5) is 2.39. The van der Waals surface area contributed by atoms with Crippen molar-refractivity contribution in [3.63, 3.8) is 0 Å². The lowest BCUT2D eigenvalue weighted by atomic mass is 9.91. The van der Waals surface area contributed by atoms with Gasteiger partial charge in [0.05, 0.1) is 6.61 Å². The van der Waals surface area contributed by atoms with Crippen LogP contribution in [0.2, 0.25) is 0 Å². The van der Waals surface area contributed by atoms with E-state index in [0.717, 1.165) is 25.8 Å². The lowest BCUT2D eigenvalue weighted by molar-refractivity contribution is 0.147. The molecule has 0 aromatic rings. The second-order valence-electron chi connectivity index (χ2n) is 4.80. The molecule has 0 aromatic heterocycles. The number of likely N-dealkylation sites (N-methyl/N-ethyl adjacent to an activating group) is 1. The first-order valence-corrected chi connectivity index (χ1v) is 6.62. The predicted octanol–water partition coefficient (Wildman–Crippen LogP) is 1.86. The van der Waals surface area contributed by atoms with Crippen LogP contribution in [-0.4, -0.2) is 49.3 Å². The van der Waals surface area contributed by atoms with E-state index in [1.54, 1.807) is 0 Å². The molecule has 0 aromatic carbocycles. The number of hydrogen-bond acceptors (Lipinski definition) is 3. The van der Waals surface area contributed by atoms with Crippen molar-refractivity contribution >= 4 is 0 Å². The highest BCUT2D eigenvalue weighted by Crippen LogP contribution is 2.16. The Hall–Kier alpha value is -0.120. The third kappa shape index (κ3) is 5.83. The summed E-state index contributed by atoms with van der Waals surface area (Å²) in [5, 5.41) is 12.7. The van der Waals surface area contributed by atoms with Crippen LogP contribution in [-0.2, 0) is 0 Å². The predicted molar refractivity (Wildman–Crippen MR) is 70.8 cm³/mol. The van der Waals surface area contributed by atoms with E-state index in [1.807, 2.05) is 7.05 Å². The zero-order chi connectivity index (χ0) is 12.4. The molecule has 0 saturated carbocycles. The zero-order valence-corrected chi connectivity index (χ0v) is 11.6. The largest absolute Gasteiger partial charge is 0.394 e. The summed E-state index contributed by atoms with van der Waals surface area (Å²) in [7, 11) is 4.13. The van der Waals surface area contributed by atoms with Gasteiger partial charge in [-0.25, -0.2) is 0 Å². The van der Waals surface area contributed by atoms with Gasteiger partial charge in [0.15, 0.2) is 0 Å². The van der Waals surface area contributed by atoms with Crippen LogP contribution in [0.1, 0.15) is 46.0 Å². The van der Waals surface area contributed by atoms with E-state index in [2.05, 4.69) is 31.1 Å². The van der Waals surface area contributed by atoms with E-state index in [-0.39, 0.29) is 12.1 Å². The van der Waals surface area contributed by atoms with Crippen molar-refractivity contribution in [3.8, 4) is 0 Å². The normalized spacial score (nSPS) is 15.4. The van der Waals surface area contributed by atoms with Gasteiger partial charge in [-0.3, -0.25) is 0 Å². The van der Waals surface area contributed by atoms with Crippen LogP contribution in [0.25, 0.3) is 0 Å². The molecule has 3 nitrogen and oxygen atoms in total. The maximum absolute atomic E-state index is 9.41. The quantitative estimate of drug-likeness (QED) is 0.601. The molecule has 98 valence electrons. The average Bonchev–Trinajstić information content (AvgIpc) is 2.33. The van der Waals surface area contributed by atoms with Gasteiger partial charge in [-0.1, -0.05) is 20.3 Å². The molecular formula is C13H30N2O. The molecule has 1 atom stereocenters.